The van der Waals surface area contributed by atoms with Crippen molar-refractivity contribution in [3.63, 3.8) is 0 Å². The molecule has 1 aliphatic rings. The monoisotopic (exact) mass is 384 g/mol. The normalized spacial score (nSPS) is 15.4. The molecule has 1 aliphatic heterocycles. The van der Waals surface area contributed by atoms with Gasteiger partial charge in [0.1, 0.15) is 5.57 Å². The molecule has 2 heterocycles. The zero-order valence-electron chi connectivity index (χ0n) is 14.8. The molecule has 1 amide bonds. The molecule has 0 bridgehead atoms. The van der Waals surface area contributed by atoms with E-state index in [4.69, 9.17) is 16.3 Å². The molecule has 0 aliphatic carbocycles. The number of carbonyl (C=O) groups excluding carboxylic acids is 2. The number of amides is 1. The number of allylic oxidation sites excluding steroid dienone is 1. The number of carbonyl (C=O) groups is 2. The number of para-hydroxylation sites is 1. The van der Waals surface area contributed by atoms with Crippen LogP contribution in [0, 0.1) is 0 Å². The minimum Gasteiger partial charge on any atom is -0.405 e. The first kappa shape index (κ1) is 18.6. The van der Waals surface area contributed by atoms with Crippen LogP contribution in [0.1, 0.15) is 19.5 Å². The van der Waals surface area contributed by atoms with Gasteiger partial charge in [-0.2, -0.15) is 5.01 Å². The van der Waals surface area contributed by atoms with Crippen LogP contribution >= 0.6 is 11.6 Å². The second-order valence-electron chi connectivity index (χ2n) is 5.74. The van der Waals surface area contributed by atoms with Crippen LogP contribution in [0.5, 0.6) is 0 Å². The number of benzene rings is 1. The van der Waals surface area contributed by atoms with Crippen LogP contribution in [0.2, 0.25) is 5.02 Å². The van der Waals surface area contributed by atoms with E-state index >= 15 is 0 Å². The molecule has 0 unspecified atom stereocenters. The van der Waals surface area contributed by atoms with Gasteiger partial charge >= 0.3 is 5.97 Å². The van der Waals surface area contributed by atoms with Crippen molar-refractivity contribution in [1.82, 2.24) is 10.3 Å². The van der Waals surface area contributed by atoms with E-state index in [-0.39, 0.29) is 11.5 Å². The third kappa shape index (κ3) is 4.15. The second-order valence-corrected chi connectivity index (χ2v) is 6.15. The number of anilines is 1. The summed E-state index contributed by atoms with van der Waals surface area (Å²) >= 11 is 6.18. The fourth-order valence-corrected chi connectivity index (χ4v) is 2.73. The van der Waals surface area contributed by atoms with E-state index < -0.39 is 11.9 Å². The molecule has 1 aromatic heterocycles. The van der Waals surface area contributed by atoms with Gasteiger partial charge in [-0.15, -0.1) is 5.10 Å². The lowest BCUT2D eigenvalue weighted by Gasteiger charge is -2.13. The fraction of sp³-hybridized carbons (Fsp3) is 0.158. The number of nitrogens with zero attached hydrogens (tertiary/aromatic N) is 3. The highest BCUT2D eigenvalue weighted by Crippen LogP contribution is 2.31. The van der Waals surface area contributed by atoms with Crippen molar-refractivity contribution in [3.8, 4) is 0 Å². The van der Waals surface area contributed by atoms with E-state index in [0.29, 0.717) is 23.0 Å². The SMILES string of the molecule is CC(=O)OC1=NN(c2ccccc2Cl)C(=O)/C1=C(\C)NCc1ccccn1. The molecule has 2 aromatic rings. The maximum absolute atomic E-state index is 13.0. The van der Waals surface area contributed by atoms with Gasteiger partial charge < -0.3 is 10.1 Å². The highest BCUT2D eigenvalue weighted by molar-refractivity contribution is 6.36. The first-order valence-electron chi connectivity index (χ1n) is 8.18. The molecule has 0 atom stereocenters. The minimum absolute atomic E-state index is 0.0709. The Bertz CT molecular complexity index is 941. The molecule has 0 fully saturated rings. The Balaban J connectivity index is 1.92. The van der Waals surface area contributed by atoms with E-state index in [9.17, 15) is 9.59 Å². The lowest BCUT2D eigenvalue weighted by molar-refractivity contribution is -0.132. The van der Waals surface area contributed by atoms with Gasteiger partial charge in [-0.3, -0.25) is 14.6 Å². The van der Waals surface area contributed by atoms with E-state index in [1.807, 2.05) is 18.2 Å². The number of hydrogen-bond donors (Lipinski definition) is 1. The summed E-state index contributed by atoms with van der Waals surface area (Å²) < 4.78 is 5.15. The number of esters is 1. The summed E-state index contributed by atoms with van der Waals surface area (Å²) in [5.41, 5.74) is 1.89. The number of hydrogen-bond acceptors (Lipinski definition) is 6. The summed E-state index contributed by atoms with van der Waals surface area (Å²) in [4.78, 5) is 28.6. The van der Waals surface area contributed by atoms with Crippen LogP contribution in [0.15, 0.2) is 65.0 Å². The fourth-order valence-electron chi connectivity index (χ4n) is 2.51. The Morgan fingerprint density at radius 3 is 2.59 bits per heavy atom. The standard InChI is InChI=1S/C19H17ClN4O3/c1-12(22-11-14-7-5-6-10-21-14)17-18(27-13(2)25)23-24(19(17)26)16-9-4-3-8-15(16)20/h3-10,22H,11H2,1-2H3/b17-12+. The average Bonchev–Trinajstić information content (AvgIpc) is 2.96. The maximum Gasteiger partial charge on any atom is 0.309 e. The van der Waals surface area contributed by atoms with Gasteiger partial charge in [-0.25, -0.2) is 0 Å². The molecule has 7 nitrogen and oxygen atoms in total. The molecule has 0 spiro atoms. The molecule has 8 heteroatoms. The Kier molecular flexibility index (Phi) is 5.52. The topological polar surface area (TPSA) is 83.9 Å². The predicted octanol–water partition coefficient (Wildman–Crippen LogP) is 3.02. The van der Waals surface area contributed by atoms with E-state index in [2.05, 4.69) is 15.4 Å². The van der Waals surface area contributed by atoms with Crippen molar-refractivity contribution in [2.24, 2.45) is 5.10 Å². The van der Waals surface area contributed by atoms with E-state index in [1.54, 1.807) is 37.4 Å². The minimum atomic E-state index is -0.572. The lowest BCUT2D eigenvalue weighted by atomic mass is 10.2. The Morgan fingerprint density at radius 1 is 1.19 bits per heavy atom. The van der Waals surface area contributed by atoms with Crippen LogP contribution in [0.4, 0.5) is 5.69 Å². The second kappa shape index (κ2) is 8.01. The molecular formula is C19H17ClN4O3. The highest BCUT2D eigenvalue weighted by atomic mass is 35.5. The lowest BCUT2D eigenvalue weighted by Crippen LogP contribution is -2.26. The summed E-state index contributed by atoms with van der Waals surface area (Å²) in [6, 6.07) is 12.4. The Labute approximate surface area is 161 Å². The van der Waals surface area contributed by atoms with Crippen LogP contribution in [-0.4, -0.2) is 22.8 Å². The smallest absolute Gasteiger partial charge is 0.309 e. The Morgan fingerprint density at radius 2 is 1.93 bits per heavy atom. The molecule has 1 N–H and O–H groups in total. The molecule has 0 radical (unpaired) electrons. The molecule has 138 valence electrons. The molecule has 1 aromatic carbocycles. The highest BCUT2D eigenvalue weighted by Gasteiger charge is 2.36. The van der Waals surface area contributed by atoms with Crippen molar-refractivity contribution in [1.29, 1.82) is 0 Å². The summed E-state index contributed by atoms with van der Waals surface area (Å²) in [7, 11) is 0. The molecule has 3 rings (SSSR count). The van der Waals surface area contributed by atoms with Gasteiger partial charge in [0, 0.05) is 18.8 Å². The quantitative estimate of drug-likeness (QED) is 0.647. The number of ether oxygens (including phenoxy) is 1. The van der Waals surface area contributed by atoms with E-state index in [1.165, 1.54) is 6.92 Å². The van der Waals surface area contributed by atoms with Gasteiger partial charge in [-0.1, -0.05) is 29.8 Å². The van der Waals surface area contributed by atoms with Crippen molar-refractivity contribution >= 4 is 35.1 Å². The van der Waals surface area contributed by atoms with Crippen molar-refractivity contribution < 1.29 is 14.3 Å². The molecule has 0 saturated heterocycles. The average molecular weight is 385 g/mol. The summed E-state index contributed by atoms with van der Waals surface area (Å²) in [6.45, 7) is 3.37. The van der Waals surface area contributed by atoms with Crippen molar-refractivity contribution in [3.05, 3.63) is 70.6 Å². The third-order valence-electron chi connectivity index (χ3n) is 3.77. The van der Waals surface area contributed by atoms with Crippen LogP contribution in [-0.2, 0) is 20.9 Å². The third-order valence-corrected chi connectivity index (χ3v) is 4.09. The first-order chi connectivity index (χ1) is 13.0. The summed E-state index contributed by atoms with van der Waals surface area (Å²) in [5, 5.41) is 8.77. The van der Waals surface area contributed by atoms with Crippen LogP contribution in [0.3, 0.4) is 0 Å². The number of nitrogens with one attached hydrogen (secondary N) is 1. The number of halogens is 1. The number of pyridine rings is 1. The molecule has 27 heavy (non-hydrogen) atoms. The van der Waals surface area contributed by atoms with E-state index in [0.717, 1.165) is 10.7 Å². The predicted molar refractivity (Wildman–Crippen MR) is 102 cm³/mol. The number of aromatic nitrogens is 1. The zero-order chi connectivity index (χ0) is 19.4. The van der Waals surface area contributed by atoms with Gasteiger partial charge in [-0.05, 0) is 31.2 Å². The van der Waals surface area contributed by atoms with Gasteiger partial charge in [0.2, 0.25) is 0 Å². The van der Waals surface area contributed by atoms with Crippen molar-refractivity contribution in [2.45, 2.75) is 20.4 Å². The Hall–Kier alpha value is -3.19. The summed E-state index contributed by atoms with van der Waals surface area (Å²) in [6.07, 6.45) is 1.69. The summed E-state index contributed by atoms with van der Waals surface area (Å²) in [5.74, 6) is -1.08. The van der Waals surface area contributed by atoms with Crippen molar-refractivity contribution in [2.75, 3.05) is 5.01 Å². The van der Waals surface area contributed by atoms with Crippen LogP contribution < -0.4 is 10.3 Å². The molecular weight excluding hydrogens is 368 g/mol. The van der Waals surface area contributed by atoms with Gasteiger partial charge in [0.05, 0.1) is 22.9 Å². The van der Waals surface area contributed by atoms with Crippen LogP contribution in [0.25, 0.3) is 0 Å². The maximum atomic E-state index is 13.0. The first-order valence-corrected chi connectivity index (χ1v) is 8.56. The zero-order valence-corrected chi connectivity index (χ0v) is 15.5. The van der Waals surface area contributed by atoms with Gasteiger partial charge in [0.25, 0.3) is 11.8 Å². The number of hydrazone groups is 1. The van der Waals surface area contributed by atoms with Gasteiger partial charge in [0.15, 0.2) is 0 Å². The molecule has 0 saturated carbocycles. The largest absolute Gasteiger partial charge is 0.405 e. The number of rotatable bonds is 4.